The lowest BCUT2D eigenvalue weighted by Gasteiger charge is -2.40. The van der Waals surface area contributed by atoms with E-state index in [2.05, 4.69) is 54.4 Å². The van der Waals surface area contributed by atoms with Gasteiger partial charge >= 0.3 is 0 Å². The molecule has 4 heteroatoms. The van der Waals surface area contributed by atoms with Gasteiger partial charge in [0.05, 0.1) is 0 Å². The number of aromatic nitrogens is 1. The fourth-order valence-electron chi connectivity index (χ4n) is 3.77. The molecular weight excluding hydrogens is 274 g/mol. The highest BCUT2D eigenvalue weighted by atomic mass is 16.2. The minimum Gasteiger partial charge on any atom is -0.361 e. The van der Waals surface area contributed by atoms with Crippen molar-refractivity contribution in [1.82, 2.24) is 14.8 Å². The molecule has 2 heterocycles. The molecule has 0 saturated carbocycles. The number of aromatic amines is 1. The Bertz CT molecular complexity index is 661. The molecule has 2 atom stereocenters. The number of hydrogen-bond donors (Lipinski definition) is 1. The first kappa shape index (κ1) is 15.1. The zero-order valence-electron chi connectivity index (χ0n) is 13.7. The van der Waals surface area contributed by atoms with Gasteiger partial charge in [-0.2, -0.15) is 0 Å². The topological polar surface area (TPSA) is 39.3 Å². The van der Waals surface area contributed by atoms with Crippen molar-refractivity contribution in [3.05, 3.63) is 36.0 Å². The van der Waals surface area contributed by atoms with Gasteiger partial charge in [-0.05, 0) is 44.5 Å². The number of rotatable bonds is 3. The third-order valence-corrected chi connectivity index (χ3v) is 4.76. The Kier molecular flexibility index (Phi) is 4.21. The molecule has 1 fully saturated rings. The van der Waals surface area contributed by atoms with E-state index in [4.69, 9.17) is 0 Å². The molecule has 118 valence electrons. The first-order valence-corrected chi connectivity index (χ1v) is 8.04. The number of para-hydroxylation sites is 1. The first-order valence-electron chi connectivity index (χ1n) is 8.04. The predicted molar refractivity (Wildman–Crippen MR) is 90.0 cm³/mol. The van der Waals surface area contributed by atoms with Crippen LogP contribution in [0.2, 0.25) is 0 Å². The number of piperidine rings is 1. The maximum Gasteiger partial charge on any atom is 0.219 e. The van der Waals surface area contributed by atoms with Crippen molar-refractivity contribution in [2.75, 3.05) is 27.2 Å². The van der Waals surface area contributed by atoms with Gasteiger partial charge in [0.1, 0.15) is 0 Å². The molecule has 1 aliphatic rings. The summed E-state index contributed by atoms with van der Waals surface area (Å²) in [6.07, 6.45) is 4.25. The summed E-state index contributed by atoms with van der Waals surface area (Å²) in [4.78, 5) is 19.5. The number of likely N-dealkylation sites (N-methyl/N-ethyl adjacent to an activating group) is 1. The van der Waals surface area contributed by atoms with E-state index in [0.717, 1.165) is 25.9 Å². The minimum absolute atomic E-state index is 0.198. The first-order chi connectivity index (χ1) is 10.6. The second-order valence-corrected chi connectivity index (χ2v) is 6.64. The summed E-state index contributed by atoms with van der Waals surface area (Å²) >= 11 is 0. The van der Waals surface area contributed by atoms with Crippen molar-refractivity contribution >= 4 is 16.8 Å². The Labute approximate surface area is 132 Å². The number of nitrogens with one attached hydrogen (secondary N) is 1. The molecule has 1 saturated heterocycles. The van der Waals surface area contributed by atoms with Crippen LogP contribution in [0.1, 0.15) is 31.2 Å². The molecule has 1 aliphatic heterocycles. The number of amides is 1. The maximum atomic E-state index is 11.9. The summed E-state index contributed by atoms with van der Waals surface area (Å²) < 4.78 is 0. The average Bonchev–Trinajstić information content (AvgIpc) is 2.90. The lowest BCUT2D eigenvalue weighted by molar-refractivity contribution is -0.133. The number of likely N-dealkylation sites (tertiary alicyclic amines) is 1. The third-order valence-electron chi connectivity index (χ3n) is 4.76. The normalized spacial score (nSPS) is 22.5. The summed E-state index contributed by atoms with van der Waals surface area (Å²) in [7, 11) is 4.15. The zero-order valence-corrected chi connectivity index (χ0v) is 13.7. The van der Waals surface area contributed by atoms with Crippen molar-refractivity contribution < 1.29 is 4.79 Å². The SMILES string of the molecule is CC(=O)N1CCC(c2c[nH]c3ccccc23)CC1CN(C)C. The molecule has 2 unspecified atom stereocenters. The second kappa shape index (κ2) is 6.13. The number of fused-ring (bicyclic) bond motifs is 1. The van der Waals surface area contributed by atoms with Crippen LogP contribution in [-0.4, -0.2) is 53.9 Å². The smallest absolute Gasteiger partial charge is 0.219 e. The van der Waals surface area contributed by atoms with Crippen LogP contribution in [0.25, 0.3) is 10.9 Å². The van der Waals surface area contributed by atoms with Crippen molar-refractivity contribution in [2.24, 2.45) is 0 Å². The zero-order chi connectivity index (χ0) is 15.7. The highest BCUT2D eigenvalue weighted by molar-refractivity contribution is 5.83. The summed E-state index contributed by atoms with van der Waals surface area (Å²) in [5.41, 5.74) is 2.61. The van der Waals surface area contributed by atoms with Gasteiger partial charge in [0.2, 0.25) is 5.91 Å². The highest BCUT2D eigenvalue weighted by Gasteiger charge is 2.31. The van der Waals surface area contributed by atoms with Gasteiger partial charge in [-0.3, -0.25) is 4.79 Å². The fourth-order valence-corrected chi connectivity index (χ4v) is 3.77. The molecule has 22 heavy (non-hydrogen) atoms. The molecule has 0 spiro atoms. The molecule has 3 rings (SSSR count). The van der Waals surface area contributed by atoms with Crippen LogP contribution in [0, 0.1) is 0 Å². The van der Waals surface area contributed by atoms with Gasteiger partial charge in [0.25, 0.3) is 0 Å². The lowest BCUT2D eigenvalue weighted by atomic mass is 9.85. The van der Waals surface area contributed by atoms with E-state index in [1.165, 1.54) is 16.5 Å². The van der Waals surface area contributed by atoms with Gasteiger partial charge in [0.15, 0.2) is 0 Å². The summed E-state index contributed by atoms with van der Waals surface area (Å²) in [6, 6.07) is 8.79. The van der Waals surface area contributed by atoms with Crippen LogP contribution < -0.4 is 0 Å². The minimum atomic E-state index is 0.198. The van der Waals surface area contributed by atoms with Crippen LogP contribution in [0.4, 0.5) is 0 Å². The molecule has 1 amide bonds. The lowest BCUT2D eigenvalue weighted by Crippen LogP contribution is -2.49. The van der Waals surface area contributed by atoms with Crippen LogP contribution >= 0.6 is 0 Å². The van der Waals surface area contributed by atoms with Gasteiger partial charge in [-0.15, -0.1) is 0 Å². The molecule has 1 N–H and O–H groups in total. The Hall–Kier alpha value is -1.81. The van der Waals surface area contributed by atoms with Crippen molar-refractivity contribution in [3.8, 4) is 0 Å². The van der Waals surface area contributed by atoms with E-state index >= 15 is 0 Å². The van der Waals surface area contributed by atoms with Gasteiger partial charge in [-0.1, -0.05) is 18.2 Å². The summed E-state index contributed by atoms with van der Waals surface area (Å²) in [6.45, 7) is 3.48. The number of hydrogen-bond acceptors (Lipinski definition) is 2. The average molecular weight is 299 g/mol. The monoisotopic (exact) mass is 299 g/mol. The number of H-pyrrole nitrogens is 1. The van der Waals surface area contributed by atoms with Gasteiger partial charge in [0, 0.05) is 43.2 Å². The Balaban J connectivity index is 1.85. The Morgan fingerprint density at radius 3 is 2.86 bits per heavy atom. The van der Waals surface area contributed by atoms with E-state index in [1.807, 2.05) is 4.90 Å². The maximum absolute atomic E-state index is 11.9. The second-order valence-electron chi connectivity index (χ2n) is 6.64. The van der Waals surface area contributed by atoms with E-state index in [9.17, 15) is 4.79 Å². The Morgan fingerprint density at radius 1 is 1.36 bits per heavy atom. The molecule has 1 aromatic carbocycles. The Morgan fingerprint density at radius 2 is 2.14 bits per heavy atom. The summed E-state index contributed by atoms with van der Waals surface area (Å²) in [5, 5.41) is 1.33. The molecule has 1 aromatic heterocycles. The molecule has 0 aliphatic carbocycles. The number of benzene rings is 1. The van der Waals surface area contributed by atoms with E-state index in [0.29, 0.717) is 12.0 Å². The number of nitrogens with zero attached hydrogens (tertiary/aromatic N) is 2. The van der Waals surface area contributed by atoms with Crippen LogP contribution in [0.3, 0.4) is 0 Å². The quantitative estimate of drug-likeness (QED) is 0.946. The largest absolute Gasteiger partial charge is 0.361 e. The third kappa shape index (κ3) is 2.88. The van der Waals surface area contributed by atoms with Crippen LogP contribution in [0.5, 0.6) is 0 Å². The molecule has 0 bridgehead atoms. The molecule has 2 aromatic rings. The fraction of sp³-hybridized carbons (Fsp3) is 0.500. The highest BCUT2D eigenvalue weighted by Crippen LogP contribution is 2.35. The summed E-state index contributed by atoms with van der Waals surface area (Å²) in [5.74, 6) is 0.723. The van der Waals surface area contributed by atoms with Gasteiger partial charge < -0.3 is 14.8 Å². The van der Waals surface area contributed by atoms with Crippen molar-refractivity contribution in [2.45, 2.75) is 31.7 Å². The molecular formula is C18H25N3O. The molecule has 0 radical (unpaired) electrons. The van der Waals surface area contributed by atoms with E-state index in [-0.39, 0.29) is 5.91 Å². The van der Waals surface area contributed by atoms with Crippen molar-refractivity contribution in [3.63, 3.8) is 0 Å². The van der Waals surface area contributed by atoms with Crippen molar-refractivity contribution in [1.29, 1.82) is 0 Å². The van der Waals surface area contributed by atoms with E-state index in [1.54, 1.807) is 6.92 Å². The van der Waals surface area contributed by atoms with Crippen LogP contribution in [-0.2, 0) is 4.79 Å². The predicted octanol–water partition coefficient (Wildman–Crippen LogP) is 2.82. The van der Waals surface area contributed by atoms with Crippen LogP contribution in [0.15, 0.2) is 30.5 Å². The number of carbonyl (C=O) groups is 1. The standard InChI is InChI=1S/C18H25N3O/c1-13(22)21-9-8-14(10-15(21)12-20(2)3)17-11-19-18-7-5-4-6-16(17)18/h4-7,11,14-15,19H,8-10,12H2,1-3H3. The van der Waals surface area contributed by atoms with Gasteiger partial charge in [-0.25, -0.2) is 0 Å². The van der Waals surface area contributed by atoms with E-state index < -0.39 is 0 Å². The molecule has 4 nitrogen and oxygen atoms in total. The number of carbonyl (C=O) groups excluding carboxylic acids is 1.